The van der Waals surface area contributed by atoms with Crippen LogP contribution in [0.1, 0.15) is 143 Å². The van der Waals surface area contributed by atoms with E-state index in [2.05, 4.69) is 45.1 Å². The van der Waals surface area contributed by atoms with Crippen LogP contribution >= 0.6 is 0 Å². The van der Waals surface area contributed by atoms with E-state index in [1.807, 2.05) is 0 Å². The number of fused-ring (bicyclic) bond motifs is 1. The second kappa shape index (κ2) is 19.4. The molecule has 1 fully saturated rings. The van der Waals surface area contributed by atoms with Gasteiger partial charge in [-0.2, -0.15) is 0 Å². The summed E-state index contributed by atoms with van der Waals surface area (Å²) in [6.07, 6.45) is 36.9. The monoisotopic (exact) mass is 568 g/mol. The first-order valence-electron chi connectivity index (χ1n) is 18.3. The lowest BCUT2D eigenvalue weighted by molar-refractivity contribution is 0.0679. The van der Waals surface area contributed by atoms with Gasteiger partial charge >= 0.3 is 0 Å². The normalized spacial score (nSPS) is 30.9. The molecule has 0 bridgehead atoms. The van der Waals surface area contributed by atoms with E-state index in [0.29, 0.717) is 17.9 Å². The maximum absolute atomic E-state index is 7.84. The minimum atomic E-state index is 0.323. The molecule has 0 saturated heterocycles. The van der Waals surface area contributed by atoms with Crippen molar-refractivity contribution < 1.29 is 0 Å². The Morgan fingerprint density at radius 3 is 2.34 bits per heavy atom. The van der Waals surface area contributed by atoms with Crippen molar-refractivity contribution in [1.29, 1.82) is 5.41 Å². The topological polar surface area (TPSA) is 75.9 Å². The lowest BCUT2D eigenvalue weighted by atomic mass is 9.58. The standard InChI is InChI=1S/C38H69N3/c1-4-6-7-8-12-29(3)31(25-27-39)21-22-33-23-24-36(37-14-10-9-13-35(33)37)32-18-15-30(16-19-32)17-20-34(26-28-40)38(41)11-5-2/h10,14-15,18,27,29-39H,4-9,11-13,16-17,19-26,28,40-41H2,1-3H3. The van der Waals surface area contributed by atoms with Crippen molar-refractivity contribution in [3.63, 3.8) is 0 Å². The van der Waals surface area contributed by atoms with Gasteiger partial charge in [0.15, 0.2) is 0 Å². The molecule has 0 spiro atoms. The fraction of sp³-hybridized carbons (Fsp3) is 0.868. The van der Waals surface area contributed by atoms with E-state index in [1.54, 1.807) is 6.21 Å². The number of nitrogens with one attached hydrogen (secondary N) is 1. The fourth-order valence-corrected chi connectivity index (χ4v) is 9.18. The summed E-state index contributed by atoms with van der Waals surface area (Å²) in [5.74, 6) is 7.02. The molecular weight excluding hydrogens is 498 g/mol. The molecule has 3 aliphatic carbocycles. The molecule has 236 valence electrons. The van der Waals surface area contributed by atoms with Crippen molar-refractivity contribution in [2.75, 3.05) is 6.54 Å². The molecule has 0 radical (unpaired) electrons. The Morgan fingerprint density at radius 2 is 1.63 bits per heavy atom. The van der Waals surface area contributed by atoms with Crippen LogP contribution < -0.4 is 11.5 Å². The summed E-state index contributed by atoms with van der Waals surface area (Å²) in [5.41, 5.74) is 12.5. The van der Waals surface area contributed by atoms with Crippen molar-refractivity contribution in [3.05, 3.63) is 24.3 Å². The summed E-state index contributed by atoms with van der Waals surface area (Å²) in [6.45, 7) is 7.79. The Kier molecular flexibility index (Phi) is 16.3. The van der Waals surface area contributed by atoms with Crippen molar-refractivity contribution in [1.82, 2.24) is 0 Å². The van der Waals surface area contributed by atoms with E-state index >= 15 is 0 Å². The Morgan fingerprint density at radius 1 is 0.805 bits per heavy atom. The maximum atomic E-state index is 7.84. The maximum Gasteiger partial charge on any atom is 0.00675 e. The van der Waals surface area contributed by atoms with Crippen molar-refractivity contribution in [2.24, 2.45) is 64.7 Å². The van der Waals surface area contributed by atoms with Crippen molar-refractivity contribution in [2.45, 2.75) is 149 Å². The van der Waals surface area contributed by atoms with Gasteiger partial charge in [-0.25, -0.2) is 0 Å². The largest absolute Gasteiger partial charge is 0.330 e. The molecule has 0 aromatic carbocycles. The van der Waals surface area contributed by atoms with E-state index in [0.717, 1.165) is 67.2 Å². The molecule has 3 rings (SSSR count). The minimum absolute atomic E-state index is 0.323. The first-order valence-corrected chi connectivity index (χ1v) is 18.3. The Labute approximate surface area is 255 Å². The van der Waals surface area contributed by atoms with Crippen LogP contribution in [-0.4, -0.2) is 18.8 Å². The number of hydrogen-bond donors (Lipinski definition) is 3. The predicted octanol–water partition coefficient (Wildman–Crippen LogP) is 10.1. The molecule has 1 saturated carbocycles. The summed E-state index contributed by atoms with van der Waals surface area (Å²) in [6, 6.07) is 0.323. The predicted molar refractivity (Wildman–Crippen MR) is 180 cm³/mol. The third-order valence-electron chi connectivity index (χ3n) is 11.9. The number of unbranched alkanes of at least 4 members (excludes halogenated alkanes) is 3. The summed E-state index contributed by atoms with van der Waals surface area (Å²) >= 11 is 0. The summed E-state index contributed by atoms with van der Waals surface area (Å²) in [4.78, 5) is 0. The van der Waals surface area contributed by atoms with Gasteiger partial charge in [0.1, 0.15) is 0 Å². The van der Waals surface area contributed by atoms with Gasteiger partial charge in [-0.3, -0.25) is 0 Å². The van der Waals surface area contributed by atoms with Crippen molar-refractivity contribution >= 4 is 6.21 Å². The molecule has 10 unspecified atom stereocenters. The smallest absolute Gasteiger partial charge is 0.00675 e. The van der Waals surface area contributed by atoms with E-state index in [-0.39, 0.29) is 0 Å². The van der Waals surface area contributed by atoms with Gasteiger partial charge < -0.3 is 16.9 Å². The van der Waals surface area contributed by atoms with E-state index in [4.69, 9.17) is 16.9 Å². The van der Waals surface area contributed by atoms with Crippen LogP contribution in [0.15, 0.2) is 24.3 Å². The summed E-state index contributed by atoms with van der Waals surface area (Å²) in [7, 11) is 0. The number of hydrogen-bond acceptors (Lipinski definition) is 3. The summed E-state index contributed by atoms with van der Waals surface area (Å²) < 4.78 is 0. The highest BCUT2D eigenvalue weighted by Crippen LogP contribution is 2.51. The van der Waals surface area contributed by atoms with Gasteiger partial charge in [0, 0.05) is 6.04 Å². The van der Waals surface area contributed by atoms with E-state index < -0.39 is 0 Å². The molecule has 0 heterocycles. The molecule has 0 aromatic heterocycles. The van der Waals surface area contributed by atoms with Crippen LogP contribution in [0, 0.1) is 58.7 Å². The zero-order valence-corrected chi connectivity index (χ0v) is 27.5. The molecule has 10 atom stereocenters. The third kappa shape index (κ3) is 10.9. The number of allylic oxidation sites excluding steroid dienone is 4. The molecule has 5 N–H and O–H groups in total. The minimum Gasteiger partial charge on any atom is -0.330 e. The van der Waals surface area contributed by atoms with E-state index in [9.17, 15) is 0 Å². The van der Waals surface area contributed by atoms with E-state index in [1.165, 1.54) is 103 Å². The highest BCUT2D eigenvalue weighted by Gasteiger charge is 2.41. The van der Waals surface area contributed by atoms with Crippen LogP contribution in [-0.2, 0) is 0 Å². The zero-order chi connectivity index (χ0) is 29.5. The Hall–Kier alpha value is -0.930. The van der Waals surface area contributed by atoms with Gasteiger partial charge in [0.05, 0.1) is 0 Å². The van der Waals surface area contributed by atoms with Gasteiger partial charge in [0.25, 0.3) is 0 Å². The lowest BCUT2D eigenvalue weighted by Crippen LogP contribution is -2.39. The van der Waals surface area contributed by atoms with Gasteiger partial charge in [-0.05, 0) is 149 Å². The zero-order valence-electron chi connectivity index (χ0n) is 27.5. The first-order chi connectivity index (χ1) is 20.0. The molecule has 3 heteroatoms. The molecule has 3 nitrogen and oxygen atoms in total. The average Bonchev–Trinajstić information content (AvgIpc) is 2.99. The molecule has 0 aromatic rings. The van der Waals surface area contributed by atoms with Crippen LogP contribution in [0.3, 0.4) is 0 Å². The Bertz CT molecular complexity index is 759. The lowest BCUT2D eigenvalue weighted by Gasteiger charge is -2.47. The number of rotatable bonds is 20. The number of nitrogens with two attached hydrogens (primary N) is 2. The molecule has 0 amide bonds. The first kappa shape index (κ1) is 34.6. The second-order valence-corrected chi connectivity index (χ2v) is 14.6. The highest BCUT2D eigenvalue weighted by molar-refractivity contribution is 5.53. The average molecular weight is 568 g/mol. The summed E-state index contributed by atoms with van der Waals surface area (Å²) in [5, 5.41) is 7.84. The molecule has 0 aliphatic heterocycles. The third-order valence-corrected chi connectivity index (χ3v) is 11.9. The molecular formula is C38H69N3. The van der Waals surface area contributed by atoms with Crippen LogP contribution in [0.2, 0.25) is 0 Å². The molecule has 3 aliphatic rings. The quantitative estimate of drug-likeness (QED) is 0.0777. The SMILES string of the molecule is CCCCCCC(C)C(CC=N)CCC1CCC(C2C=CC(CCC(CCN)C(N)CCC)CC2)C2C=CCCC12. The second-order valence-electron chi connectivity index (χ2n) is 14.6. The van der Waals surface area contributed by atoms with Gasteiger partial charge in [-0.15, -0.1) is 0 Å². The Balaban J connectivity index is 1.52. The van der Waals surface area contributed by atoms with Gasteiger partial charge in [-0.1, -0.05) is 83.6 Å². The van der Waals surface area contributed by atoms with Crippen LogP contribution in [0.4, 0.5) is 0 Å². The molecule has 41 heavy (non-hydrogen) atoms. The van der Waals surface area contributed by atoms with Crippen LogP contribution in [0.25, 0.3) is 0 Å². The highest BCUT2D eigenvalue weighted by atomic mass is 14.7. The van der Waals surface area contributed by atoms with Gasteiger partial charge in [0.2, 0.25) is 0 Å². The van der Waals surface area contributed by atoms with Crippen molar-refractivity contribution in [3.8, 4) is 0 Å². The van der Waals surface area contributed by atoms with Crippen LogP contribution in [0.5, 0.6) is 0 Å². The fourth-order valence-electron chi connectivity index (χ4n) is 9.18.